The van der Waals surface area contributed by atoms with E-state index in [1.165, 1.54) is 12.0 Å². The van der Waals surface area contributed by atoms with E-state index in [4.69, 9.17) is 4.74 Å². The maximum Gasteiger partial charge on any atom is 0.260 e. The highest BCUT2D eigenvalue weighted by atomic mass is 16.5. The molecule has 3 rings (SSSR count). The molecule has 2 aromatic carbocycles. The standard InChI is InChI=1S/C21H25NO2/c1-17-8-7-12-20(14-17)24-16-21(23)22-13-6-5-11-19(15-22)18-9-3-2-4-10-18/h2-4,7-10,12,14,19H,5-6,11,13,15-16H2,1H3. The van der Waals surface area contributed by atoms with Crippen LogP contribution in [0.4, 0.5) is 0 Å². The molecular formula is C21H25NO2. The fourth-order valence-electron chi connectivity index (χ4n) is 3.31. The number of aryl methyl sites for hydroxylation is 1. The minimum atomic E-state index is 0.0827. The first-order chi connectivity index (χ1) is 11.7. The highest BCUT2D eigenvalue weighted by Gasteiger charge is 2.23. The molecule has 0 spiro atoms. The highest BCUT2D eigenvalue weighted by Crippen LogP contribution is 2.26. The van der Waals surface area contributed by atoms with E-state index >= 15 is 0 Å². The van der Waals surface area contributed by atoms with Crippen LogP contribution in [-0.2, 0) is 4.79 Å². The second-order valence-electron chi connectivity index (χ2n) is 6.55. The van der Waals surface area contributed by atoms with Crippen LogP contribution in [0.25, 0.3) is 0 Å². The van der Waals surface area contributed by atoms with Crippen LogP contribution in [0.3, 0.4) is 0 Å². The Kier molecular flexibility index (Phi) is 5.52. The number of carbonyl (C=O) groups excluding carboxylic acids is 1. The average molecular weight is 323 g/mol. The molecule has 1 aliphatic rings. The summed E-state index contributed by atoms with van der Waals surface area (Å²) in [5.74, 6) is 1.27. The van der Waals surface area contributed by atoms with Crippen molar-refractivity contribution < 1.29 is 9.53 Å². The van der Waals surface area contributed by atoms with E-state index in [9.17, 15) is 4.79 Å². The van der Waals surface area contributed by atoms with Crippen LogP contribution in [0.1, 0.15) is 36.3 Å². The van der Waals surface area contributed by atoms with Crippen LogP contribution in [0, 0.1) is 6.92 Å². The van der Waals surface area contributed by atoms with Gasteiger partial charge in [0.05, 0.1) is 0 Å². The van der Waals surface area contributed by atoms with Gasteiger partial charge in [-0.05, 0) is 43.0 Å². The zero-order chi connectivity index (χ0) is 16.8. The minimum Gasteiger partial charge on any atom is -0.484 e. The molecular weight excluding hydrogens is 298 g/mol. The number of nitrogens with zero attached hydrogens (tertiary/aromatic N) is 1. The SMILES string of the molecule is Cc1cccc(OCC(=O)N2CCCCC(c3ccccc3)C2)c1. The number of hydrogen-bond donors (Lipinski definition) is 0. The Bertz CT molecular complexity index is 669. The molecule has 0 bridgehead atoms. The van der Waals surface area contributed by atoms with E-state index in [1.54, 1.807) is 0 Å². The summed E-state index contributed by atoms with van der Waals surface area (Å²) in [6.07, 6.45) is 3.38. The number of amides is 1. The summed E-state index contributed by atoms with van der Waals surface area (Å²) in [5, 5.41) is 0. The van der Waals surface area contributed by atoms with Crippen molar-refractivity contribution in [2.24, 2.45) is 0 Å². The second kappa shape index (κ2) is 8.00. The molecule has 2 aromatic rings. The van der Waals surface area contributed by atoms with Gasteiger partial charge in [-0.15, -0.1) is 0 Å². The predicted molar refractivity (Wildman–Crippen MR) is 96.3 cm³/mol. The second-order valence-corrected chi connectivity index (χ2v) is 6.55. The molecule has 0 aliphatic carbocycles. The van der Waals surface area contributed by atoms with Crippen LogP contribution in [0.2, 0.25) is 0 Å². The molecule has 1 heterocycles. The first-order valence-corrected chi connectivity index (χ1v) is 8.74. The van der Waals surface area contributed by atoms with Crippen molar-refractivity contribution in [3.05, 3.63) is 65.7 Å². The van der Waals surface area contributed by atoms with Gasteiger partial charge >= 0.3 is 0 Å². The number of rotatable bonds is 4. The van der Waals surface area contributed by atoms with Crippen molar-refractivity contribution in [3.63, 3.8) is 0 Å². The Morgan fingerprint density at radius 3 is 2.75 bits per heavy atom. The average Bonchev–Trinajstić information content (AvgIpc) is 2.87. The van der Waals surface area contributed by atoms with Crippen molar-refractivity contribution in [2.45, 2.75) is 32.1 Å². The highest BCUT2D eigenvalue weighted by molar-refractivity contribution is 5.77. The number of benzene rings is 2. The topological polar surface area (TPSA) is 29.5 Å². The number of ether oxygens (including phenoxy) is 1. The largest absolute Gasteiger partial charge is 0.484 e. The number of carbonyl (C=O) groups is 1. The van der Waals surface area contributed by atoms with Crippen molar-refractivity contribution in [1.29, 1.82) is 0 Å². The van der Waals surface area contributed by atoms with E-state index < -0.39 is 0 Å². The van der Waals surface area contributed by atoms with E-state index in [1.807, 2.05) is 42.2 Å². The molecule has 1 amide bonds. The van der Waals surface area contributed by atoms with Crippen LogP contribution < -0.4 is 4.74 Å². The van der Waals surface area contributed by atoms with Gasteiger partial charge < -0.3 is 9.64 Å². The fraction of sp³-hybridized carbons (Fsp3) is 0.381. The molecule has 0 aromatic heterocycles. The lowest BCUT2D eigenvalue weighted by molar-refractivity contribution is -0.133. The third-order valence-corrected chi connectivity index (χ3v) is 4.65. The van der Waals surface area contributed by atoms with Crippen LogP contribution in [-0.4, -0.2) is 30.5 Å². The summed E-state index contributed by atoms with van der Waals surface area (Å²) in [5.41, 5.74) is 2.47. The molecule has 0 saturated carbocycles. The molecule has 0 N–H and O–H groups in total. The van der Waals surface area contributed by atoms with Gasteiger partial charge in [-0.25, -0.2) is 0 Å². The van der Waals surface area contributed by atoms with Gasteiger partial charge in [0.15, 0.2) is 6.61 Å². The molecule has 1 aliphatic heterocycles. The number of likely N-dealkylation sites (tertiary alicyclic amines) is 1. The van der Waals surface area contributed by atoms with Gasteiger partial charge in [0.2, 0.25) is 0 Å². The lowest BCUT2D eigenvalue weighted by atomic mass is 9.94. The van der Waals surface area contributed by atoms with Crippen LogP contribution in [0.15, 0.2) is 54.6 Å². The quantitative estimate of drug-likeness (QED) is 0.845. The molecule has 24 heavy (non-hydrogen) atoms. The molecule has 1 fully saturated rings. The molecule has 3 heteroatoms. The van der Waals surface area contributed by atoms with Gasteiger partial charge in [0, 0.05) is 19.0 Å². The normalized spacial score (nSPS) is 18.0. The summed E-state index contributed by atoms with van der Waals surface area (Å²) in [7, 11) is 0. The van der Waals surface area contributed by atoms with E-state index in [0.717, 1.165) is 37.2 Å². The van der Waals surface area contributed by atoms with Gasteiger partial charge in [0.25, 0.3) is 5.91 Å². The smallest absolute Gasteiger partial charge is 0.260 e. The lowest BCUT2D eigenvalue weighted by Gasteiger charge is -2.25. The molecule has 1 saturated heterocycles. The lowest BCUT2D eigenvalue weighted by Crippen LogP contribution is -2.37. The Morgan fingerprint density at radius 1 is 1.12 bits per heavy atom. The molecule has 0 radical (unpaired) electrons. The summed E-state index contributed by atoms with van der Waals surface area (Å²) in [4.78, 5) is 14.6. The first-order valence-electron chi connectivity index (χ1n) is 8.74. The first kappa shape index (κ1) is 16.6. The summed E-state index contributed by atoms with van der Waals surface area (Å²) >= 11 is 0. The molecule has 3 nitrogen and oxygen atoms in total. The summed E-state index contributed by atoms with van der Waals surface area (Å²) < 4.78 is 5.69. The summed E-state index contributed by atoms with van der Waals surface area (Å²) in [6, 6.07) is 18.4. The summed E-state index contributed by atoms with van der Waals surface area (Å²) in [6.45, 7) is 3.76. The van der Waals surface area contributed by atoms with E-state index in [0.29, 0.717) is 5.92 Å². The number of hydrogen-bond acceptors (Lipinski definition) is 2. The maximum absolute atomic E-state index is 12.6. The van der Waals surface area contributed by atoms with Crippen molar-refractivity contribution in [1.82, 2.24) is 4.90 Å². The van der Waals surface area contributed by atoms with E-state index in [-0.39, 0.29) is 12.5 Å². The maximum atomic E-state index is 12.6. The fourth-order valence-corrected chi connectivity index (χ4v) is 3.31. The zero-order valence-electron chi connectivity index (χ0n) is 14.3. The third-order valence-electron chi connectivity index (χ3n) is 4.65. The van der Waals surface area contributed by atoms with Crippen molar-refractivity contribution in [2.75, 3.05) is 19.7 Å². The van der Waals surface area contributed by atoms with Crippen molar-refractivity contribution >= 4 is 5.91 Å². The van der Waals surface area contributed by atoms with Crippen molar-refractivity contribution in [3.8, 4) is 5.75 Å². The van der Waals surface area contributed by atoms with E-state index in [2.05, 4.69) is 24.3 Å². The molecule has 1 unspecified atom stereocenters. The molecule has 1 atom stereocenters. The van der Waals surface area contributed by atoms with Crippen LogP contribution >= 0.6 is 0 Å². The van der Waals surface area contributed by atoms with Gasteiger partial charge in [0.1, 0.15) is 5.75 Å². The predicted octanol–water partition coefficient (Wildman–Crippen LogP) is 4.17. The van der Waals surface area contributed by atoms with Gasteiger partial charge in [-0.1, -0.05) is 48.9 Å². The monoisotopic (exact) mass is 323 g/mol. The third kappa shape index (κ3) is 4.38. The Hall–Kier alpha value is -2.29. The Morgan fingerprint density at radius 2 is 1.96 bits per heavy atom. The van der Waals surface area contributed by atoms with Gasteiger partial charge in [-0.2, -0.15) is 0 Å². The van der Waals surface area contributed by atoms with Crippen LogP contribution in [0.5, 0.6) is 5.75 Å². The Balaban J connectivity index is 1.61. The van der Waals surface area contributed by atoms with Gasteiger partial charge in [-0.3, -0.25) is 4.79 Å². The molecule has 126 valence electrons. The Labute approximate surface area is 144 Å². The minimum absolute atomic E-state index is 0.0827. The zero-order valence-corrected chi connectivity index (χ0v) is 14.3.